The van der Waals surface area contributed by atoms with Crippen molar-refractivity contribution in [3.05, 3.63) is 58.7 Å². The van der Waals surface area contributed by atoms with Gasteiger partial charge in [-0.1, -0.05) is 12.2 Å². The zero-order valence-corrected chi connectivity index (χ0v) is 21.1. The zero-order chi connectivity index (χ0) is 26.1. The molecule has 4 rings (SSSR count). The van der Waals surface area contributed by atoms with Gasteiger partial charge in [0.1, 0.15) is 5.82 Å². The van der Waals surface area contributed by atoms with E-state index in [-0.39, 0.29) is 24.1 Å². The Kier molecular flexibility index (Phi) is 7.12. The van der Waals surface area contributed by atoms with Gasteiger partial charge >= 0.3 is 6.03 Å². The number of ether oxygens (including phenoxy) is 2. The molecule has 192 valence electrons. The summed E-state index contributed by atoms with van der Waals surface area (Å²) in [5.41, 5.74) is 2.06. The average Bonchev–Trinajstić information content (AvgIpc) is 3.43. The smallest absolute Gasteiger partial charge is 0.333 e. The van der Waals surface area contributed by atoms with E-state index >= 15 is 0 Å². The van der Waals surface area contributed by atoms with E-state index in [0.717, 1.165) is 0 Å². The summed E-state index contributed by atoms with van der Waals surface area (Å²) in [5, 5.41) is 6.36. The predicted octanol–water partition coefficient (Wildman–Crippen LogP) is 3.05. The fourth-order valence-electron chi connectivity index (χ4n) is 4.55. The third-order valence-corrected chi connectivity index (χ3v) is 7.57. The van der Waals surface area contributed by atoms with E-state index in [1.807, 2.05) is 4.72 Å². The van der Waals surface area contributed by atoms with Crippen molar-refractivity contribution in [2.75, 3.05) is 25.6 Å². The second kappa shape index (κ2) is 9.96. The quantitative estimate of drug-likeness (QED) is 0.410. The molecule has 0 spiro atoms. The number of hydrogen-bond donors (Lipinski definition) is 2. The molecule has 0 unspecified atom stereocenters. The Labute approximate surface area is 208 Å². The van der Waals surface area contributed by atoms with Crippen LogP contribution in [0.5, 0.6) is 0 Å². The van der Waals surface area contributed by atoms with Gasteiger partial charge in [-0.05, 0) is 50.1 Å². The largest absolute Gasteiger partial charge is 0.374 e. The van der Waals surface area contributed by atoms with Crippen LogP contribution < -0.4 is 10.0 Å². The first-order valence-corrected chi connectivity index (χ1v) is 12.8. The van der Waals surface area contributed by atoms with E-state index < -0.39 is 21.7 Å². The molecular weight excluding hydrogens is 489 g/mol. The first kappa shape index (κ1) is 25.7. The number of hydrogen-bond acceptors (Lipinski definition) is 7. The molecule has 10 nitrogen and oxygen atoms in total. The minimum Gasteiger partial charge on any atom is -0.374 e. The number of carbonyl (C=O) groups is 1. The van der Waals surface area contributed by atoms with Crippen molar-refractivity contribution in [1.82, 2.24) is 14.5 Å². The van der Waals surface area contributed by atoms with E-state index in [9.17, 15) is 17.6 Å². The SMILES string of the molecule is C=N/C=C(\C=C/C)c1cc(F)c2c(c1NC(=O)NS(=O)(=O)c1cc(C3(OC)COC3)n(C)n1)CCC2. The molecule has 0 saturated carbocycles. The highest BCUT2D eigenvalue weighted by molar-refractivity contribution is 7.90. The lowest BCUT2D eigenvalue weighted by Gasteiger charge is -2.39. The van der Waals surface area contributed by atoms with Gasteiger partial charge in [-0.3, -0.25) is 9.67 Å². The Hall–Kier alpha value is -3.35. The van der Waals surface area contributed by atoms with Crippen LogP contribution in [-0.2, 0) is 45.0 Å². The van der Waals surface area contributed by atoms with Crippen molar-refractivity contribution in [3.63, 3.8) is 0 Å². The number of rotatable bonds is 8. The molecule has 2 amide bonds. The van der Waals surface area contributed by atoms with E-state index in [0.29, 0.717) is 52.9 Å². The van der Waals surface area contributed by atoms with Crippen LogP contribution in [0.2, 0.25) is 0 Å². The summed E-state index contributed by atoms with van der Waals surface area (Å²) in [6.45, 7) is 5.77. The zero-order valence-electron chi connectivity index (χ0n) is 20.3. The Balaban J connectivity index is 1.65. The minimum absolute atomic E-state index is 0.260. The molecular formula is C24H28FN5O5S. The van der Waals surface area contributed by atoms with Gasteiger partial charge in [0.2, 0.25) is 0 Å². The fourth-order valence-corrected chi connectivity index (χ4v) is 5.45. The number of sulfonamides is 1. The molecule has 1 aliphatic heterocycles. The molecule has 0 bridgehead atoms. The molecule has 2 aromatic rings. The maximum atomic E-state index is 14.9. The number of amides is 2. The lowest BCUT2D eigenvalue weighted by molar-refractivity contribution is -0.206. The molecule has 1 aromatic heterocycles. The summed E-state index contributed by atoms with van der Waals surface area (Å²) in [4.78, 5) is 16.7. The number of urea groups is 1. The maximum Gasteiger partial charge on any atom is 0.333 e. The Bertz CT molecular complexity index is 1370. The van der Waals surface area contributed by atoms with Gasteiger partial charge in [0.05, 0.1) is 24.6 Å². The summed E-state index contributed by atoms with van der Waals surface area (Å²) < 4.78 is 55.0. The van der Waals surface area contributed by atoms with Crippen LogP contribution in [0.1, 0.15) is 35.7 Å². The van der Waals surface area contributed by atoms with Crippen molar-refractivity contribution in [1.29, 1.82) is 0 Å². The van der Waals surface area contributed by atoms with Crippen LogP contribution in [0.4, 0.5) is 14.9 Å². The van der Waals surface area contributed by atoms with Gasteiger partial charge in [0, 0.05) is 37.6 Å². The second-order valence-corrected chi connectivity index (χ2v) is 10.2. The van der Waals surface area contributed by atoms with Gasteiger partial charge in [-0.2, -0.15) is 13.5 Å². The molecule has 2 aliphatic rings. The number of aliphatic imine (C=N–C) groups is 1. The van der Waals surface area contributed by atoms with Gasteiger partial charge in [0.15, 0.2) is 10.6 Å². The van der Waals surface area contributed by atoms with Crippen LogP contribution in [-0.4, -0.2) is 51.3 Å². The number of nitrogens with one attached hydrogen (secondary N) is 2. The Morgan fingerprint density at radius 2 is 2.06 bits per heavy atom. The van der Waals surface area contributed by atoms with Crippen LogP contribution in [0.3, 0.4) is 0 Å². The van der Waals surface area contributed by atoms with Gasteiger partial charge in [0.25, 0.3) is 10.0 Å². The molecule has 0 atom stereocenters. The van der Waals surface area contributed by atoms with E-state index in [1.165, 1.54) is 30.1 Å². The number of aromatic nitrogens is 2. The lowest BCUT2D eigenvalue weighted by atomic mass is 9.96. The van der Waals surface area contributed by atoms with Gasteiger partial charge in [-0.25, -0.2) is 13.9 Å². The summed E-state index contributed by atoms with van der Waals surface area (Å²) in [5.74, 6) is -0.386. The number of halogens is 1. The van der Waals surface area contributed by atoms with E-state index in [1.54, 1.807) is 26.1 Å². The second-order valence-electron chi connectivity index (χ2n) is 8.60. The number of methoxy groups -OCH3 is 1. The molecule has 0 radical (unpaired) electrons. The highest BCUT2D eigenvalue weighted by Gasteiger charge is 2.44. The molecule has 36 heavy (non-hydrogen) atoms. The van der Waals surface area contributed by atoms with Crippen molar-refractivity contribution < 1.29 is 27.1 Å². The number of benzene rings is 1. The Morgan fingerprint density at radius 1 is 1.33 bits per heavy atom. The fraction of sp³-hybridized carbons (Fsp3) is 0.375. The first-order valence-electron chi connectivity index (χ1n) is 11.3. The molecule has 1 aliphatic carbocycles. The molecule has 12 heteroatoms. The summed E-state index contributed by atoms with van der Waals surface area (Å²) in [6.07, 6.45) is 6.68. The molecule has 2 N–H and O–H groups in total. The van der Waals surface area contributed by atoms with Crippen LogP contribution >= 0.6 is 0 Å². The van der Waals surface area contributed by atoms with Crippen LogP contribution in [0.25, 0.3) is 5.57 Å². The summed E-state index contributed by atoms with van der Waals surface area (Å²) >= 11 is 0. The van der Waals surface area contributed by atoms with Crippen LogP contribution in [0, 0.1) is 5.82 Å². The van der Waals surface area contributed by atoms with Crippen molar-refractivity contribution >= 4 is 34.0 Å². The minimum atomic E-state index is -4.33. The number of carbonyl (C=O) groups excluding carboxylic acids is 1. The van der Waals surface area contributed by atoms with E-state index in [2.05, 4.69) is 22.1 Å². The van der Waals surface area contributed by atoms with Crippen LogP contribution in [0.15, 0.2) is 40.5 Å². The molecule has 1 fully saturated rings. The Morgan fingerprint density at radius 3 is 2.67 bits per heavy atom. The number of fused-ring (bicyclic) bond motifs is 1. The first-order chi connectivity index (χ1) is 17.2. The van der Waals surface area contributed by atoms with Crippen molar-refractivity contribution in [2.24, 2.45) is 12.0 Å². The highest BCUT2D eigenvalue weighted by Crippen LogP contribution is 2.38. The third kappa shape index (κ3) is 4.59. The predicted molar refractivity (Wildman–Crippen MR) is 133 cm³/mol. The average molecular weight is 518 g/mol. The van der Waals surface area contributed by atoms with E-state index in [4.69, 9.17) is 9.47 Å². The number of aryl methyl sites for hydroxylation is 1. The third-order valence-electron chi connectivity index (χ3n) is 6.36. The number of anilines is 1. The maximum absolute atomic E-state index is 14.9. The number of nitrogens with zero attached hydrogens (tertiary/aromatic N) is 3. The van der Waals surface area contributed by atoms with Crippen molar-refractivity contribution in [3.8, 4) is 0 Å². The normalized spacial score (nSPS) is 17.1. The van der Waals surface area contributed by atoms with Gasteiger partial charge in [-0.15, -0.1) is 0 Å². The molecule has 1 aromatic carbocycles. The summed E-state index contributed by atoms with van der Waals surface area (Å²) in [6, 6.07) is 1.68. The summed E-state index contributed by atoms with van der Waals surface area (Å²) in [7, 11) is -1.24. The molecule has 2 heterocycles. The monoisotopic (exact) mass is 517 g/mol. The van der Waals surface area contributed by atoms with Crippen molar-refractivity contribution in [2.45, 2.75) is 36.8 Å². The lowest BCUT2D eigenvalue weighted by Crippen LogP contribution is -2.49. The highest BCUT2D eigenvalue weighted by atomic mass is 32.2. The number of allylic oxidation sites excluding steroid dienone is 3. The standard InChI is InChI=1S/C24H28FN5O5S/c1-5-7-15(12-26-2)18-10-19(25)16-8-6-9-17(16)22(18)27-23(31)29-36(32,33)21-11-20(30(3)28-21)24(34-4)13-35-14-24/h5,7,10-12H,2,6,8-9,13-14H2,1,3-4H3,(H2,27,29,31)/b7-5-,15-12+. The molecule has 1 saturated heterocycles. The topological polar surface area (TPSA) is 124 Å². The van der Waals surface area contributed by atoms with Gasteiger partial charge < -0.3 is 14.8 Å².